The molecule has 0 bridgehead atoms. The molecule has 118 valence electrons. The second kappa shape index (κ2) is 7.20. The van der Waals surface area contributed by atoms with E-state index in [0.717, 1.165) is 13.1 Å². The lowest BCUT2D eigenvalue weighted by atomic mass is 10.1. The number of pyridine rings is 1. The van der Waals surface area contributed by atoms with Gasteiger partial charge in [-0.25, -0.2) is 18.1 Å². The van der Waals surface area contributed by atoms with Gasteiger partial charge in [-0.15, -0.1) is 0 Å². The van der Waals surface area contributed by atoms with E-state index in [1.54, 1.807) is 19.2 Å². The highest BCUT2D eigenvalue weighted by atomic mass is 32.2. The van der Waals surface area contributed by atoms with Crippen LogP contribution in [0.25, 0.3) is 0 Å². The molecule has 6 nitrogen and oxygen atoms in total. The van der Waals surface area contributed by atoms with Crippen LogP contribution in [0.2, 0.25) is 0 Å². The second-order valence-electron chi connectivity index (χ2n) is 5.40. The van der Waals surface area contributed by atoms with Gasteiger partial charge < -0.3 is 5.32 Å². The predicted molar refractivity (Wildman–Crippen MR) is 83.9 cm³/mol. The number of sulfonamides is 1. The average molecular weight is 312 g/mol. The van der Waals surface area contributed by atoms with Crippen molar-refractivity contribution < 1.29 is 8.42 Å². The van der Waals surface area contributed by atoms with Crippen molar-refractivity contribution in [2.45, 2.75) is 37.3 Å². The number of hydrogen-bond acceptors (Lipinski definition) is 5. The molecule has 7 heteroatoms. The van der Waals surface area contributed by atoms with Gasteiger partial charge >= 0.3 is 0 Å². The maximum absolute atomic E-state index is 12.4. The zero-order valence-corrected chi connectivity index (χ0v) is 13.5. The van der Waals surface area contributed by atoms with Crippen molar-refractivity contribution in [2.24, 2.45) is 0 Å². The summed E-state index contributed by atoms with van der Waals surface area (Å²) in [4.78, 5) is 6.32. The van der Waals surface area contributed by atoms with Gasteiger partial charge in [0.05, 0.1) is 5.69 Å². The molecule has 0 amide bonds. The fraction of sp³-hybridized carbons (Fsp3) is 0.643. The SMILES string of the molecule is CNc1cccnc1S(=O)(=O)NCC(C)N1CCCCC1. The Balaban J connectivity index is 2.00. The largest absolute Gasteiger partial charge is 0.386 e. The maximum atomic E-state index is 12.4. The first-order chi connectivity index (χ1) is 10.0. The number of aromatic nitrogens is 1. The quantitative estimate of drug-likeness (QED) is 0.827. The van der Waals surface area contributed by atoms with Crippen LogP contribution in [0.4, 0.5) is 5.69 Å². The molecule has 1 aromatic heterocycles. The third-order valence-corrected chi connectivity index (χ3v) is 5.26. The number of nitrogens with zero attached hydrogens (tertiary/aromatic N) is 2. The van der Waals surface area contributed by atoms with Gasteiger partial charge in [0, 0.05) is 25.8 Å². The van der Waals surface area contributed by atoms with Gasteiger partial charge in [0.15, 0.2) is 5.03 Å². The lowest BCUT2D eigenvalue weighted by molar-refractivity contribution is 0.175. The van der Waals surface area contributed by atoms with Crippen LogP contribution in [0.15, 0.2) is 23.4 Å². The molecule has 1 fully saturated rings. The lowest BCUT2D eigenvalue weighted by Crippen LogP contribution is -2.44. The van der Waals surface area contributed by atoms with Crippen LogP contribution < -0.4 is 10.0 Å². The van der Waals surface area contributed by atoms with Gasteiger partial charge in [-0.2, -0.15) is 0 Å². The third-order valence-electron chi connectivity index (χ3n) is 3.88. The molecule has 2 N–H and O–H groups in total. The molecule has 1 aliphatic heterocycles. The topological polar surface area (TPSA) is 74.3 Å². The summed E-state index contributed by atoms with van der Waals surface area (Å²) in [6, 6.07) is 3.61. The zero-order chi connectivity index (χ0) is 15.3. The van der Waals surface area contributed by atoms with Gasteiger partial charge in [0.25, 0.3) is 10.0 Å². The Hall–Kier alpha value is -1.18. The Morgan fingerprint density at radius 2 is 2.05 bits per heavy atom. The molecule has 1 aliphatic rings. The van der Waals surface area contributed by atoms with Crippen molar-refractivity contribution in [3.63, 3.8) is 0 Å². The summed E-state index contributed by atoms with van der Waals surface area (Å²) >= 11 is 0. The summed E-state index contributed by atoms with van der Waals surface area (Å²) in [7, 11) is -1.90. The van der Waals surface area contributed by atoms with E-state index in [1.165, 1.54) is 25.5 Å². The van der Waals surface area contributed by atoms with E-state index in [0.29, 0.717) is 12.2 Å². The van der Waals surface area contributed by atoms with Crippen molar-refractivity contribution in [2.75, 3.05) is 32.0 Å². The van der Waals surface area contributed by atoms with E-state index in [2.05, 4.69) is 26.8 Å². The highest BCUT2D eigenvalue weighted by molar-refractivity contribution is 7.89. The first kappa shape index (κ1) is 16.2. The molecule has 0 saturated carbocycles. The minimum Gasteiger partial charge on any atom is -0.386 e. The Labute approximate surface area is 127 Å². The van der Waals surface area contributed by atoms with Crippen LogP contribution in [0.3, 0.4) is 0 Å². The summed E-state index contributed by atoms with van der Waals surface area (Å²) < 4.78 is 27.4. The standard InChI is InChI=1S/C14H24N4O2S/c1-12(18-9-4-3-5-10-18)11-17-21(19,20)14-13(15-2)7-6-8-16-14/h6-8,12,15,17H,3-5,9-11H2,1-2H3. The van der Waals surface area contributed by atoms with E-state index in [1.807, 2.05) is 0 Å². The van der Waals surface area contributed by atoms with Gasteiger partial charge in [-0.05, 0) is 45.0 Å². The van der Waals surface area contributed by atoms with Crippen molar-refractivity contribution in [3.05, 3.63) is 18.3 Å². The molecule has 21 heavy (non-hydrogen) atoms. The summed E-state index contributed by atoms with van der Waals surface area (Å²) in [6.07, 6.45) is 5.15. The van der Waals surface area contributed by atoms with Gasteiger partial charge in [0.1, 0.15) is 0 Å². The van der Waals surface area contributed by atoms with Crippen LogP contribution in [0, 0.1) is 0 Å². The molecule has 1 saturated heterocycles. The molecular weight excluding hydrogens is 288 g/mol. The highest BCUT2D eigenvalue weighted by Gasteiger charge is 2.22. The van der Waals surface area contributed by atoms with Crippen molar-refractivity contribution in [1.29, 1.82) is 0 Å². The number of anilines is 1. The van der Waals surface area contributed by atoms with E-state index in [-0.39, 0.29) is 11.1 Å². The summed E-state index contributed by atoms with van der Waals surface area (Å²) in [6.45, 7) is 4.57. The normalized spacial score (nSPS) is 18.4. The first-order valence-corrected chi connectivity index (χ1v) is 8.89. The van der Waals surface area contributed by atoms with Crippen LogP contribution in [0.5, 0.6) is 0 Å². The minimum absolute atomic E-state index is 0.0540. The fourth-order valence-electron chi connectivity index (χ4n) is 2.58. The van der Waals surface area contributed by atoms with E-state index in [9.17, 15) is 8.42 Å². The van der Waals surface area contributed by atoms with Crippen molar-refractivity contribution >= 4 is 15.7 Å². The molecule has 0 aromatic carbocycles. The number of rotatable bonds is 6. The second-order valence-corrected chi connectivity index (χ2v) is 7.09. The molecule has 0 spiro atoms. The molecule has 1 unspecified atom stereocenters. The van der Waals surface area contributed by atoms with Crippen LogP contribution in [-0.2, 0) is 10.0 Å². The molecular formula is C14H24N4O2S. The van der Waals surface area contributed by atoms with E-state index in [4.69, 9.17) is 0 Å². The number of nitrogens with one attached hydrogen (secondary N) is 2. The van der Waals surface area contributed by atoms with E-state index < -0.39 is 10.0 Å². The highest BCUT2D eigenvalue weighted by Crippen LogP contribution is 2.17. The third kappa shape index (κ3) is 4.15. The summed E-state index contributed by atoms with van der Waals surface area (Å²) in [5.41, 5.74) is 0.510. The predicted octanol–water partition coefficient (Wildman–Crippen LogP) is 1.28. The average Bonchev–Trinajstić information content (AvgIpc) is 2.53. The number of hydrogen-bond donors (Lipinski definition) is 2. The Morgan fingerprint density at radius 3 is 2.71 bits per heavy atom. The molecule has 0 radical (unpaired) electrons. The maximum Gasteiger partial charge on any atom is 0.260 e. The van der Waals surface area contributed by atoms with Crippen LogP contribution in [-0.4, -0.2) is 51.0 Å². The van der Waals surface area contributed by atoms with Crippen LogP contribution >= 0.6 is 0 Å². The van der Waals surface area contributed by atoms with E-state index >= 15 is 0 Å². The van der Waals surface area contributed by atoms with Crippen molar-refractivity contribution in [3.8, 4) is 0 Å². The molecule has 0 aliphatic carbocycles. The Bertz CT molecular complexity index is 556. The minimum atomic E-state index is -3.59. The summed E-state index contributed by atoms with van der Waals surface area (Å²) in [5.74, 6) is 0. The Morgan fingerprint density at radius 1 is 1.33 bits per heavy atom. The number of likely N-dealkylation sites (tertiary alicyclic amines) is 1. The monoisotopic (exact) mass is 312 g/mol. The van der Waals surface area contributed by atoms with Crippen molar-refractivity contribution in [1.82, 2.24) is 14.6 Å². The lowest BCUT2D eigenvalue weighted by Gasteiger charge is -2.32. The van der Waals surface area contributed by atoms with Crippen LogP contribution in [0.1, 0.15) is 26.2 Å². The van der Waals surface area contributed by atoms with Gasteiger partial charge in [-0.3, -0.25) is 4.90 Å². The fourth-order valence-corrected chi connectivity index (χ4v) is 3.84. The summed E-state index contributed by atoms with van der Waals surface area (Å²) in [5, 5.41) is 2.91. The van der Waals surface area contributed by atoms with Gasteiger partial charge in [-0.1, -0.05) is 6.42 Å². The molecule has 1 aromatic rings. The molecule has 2 heterocycles. The number of piperidine rings is 1. The molecule has 2 rings (SSSR count). The zero-order valence-electron chi connectivity index (χ0n) is 12.7. The first-order valence-electron chi connectivity index (χ1n) is 7.41. The Kier molecular flexibility index (Phi) is 5.55. The molecule has 1 atom stereocenters. The smallest absolute Gasteiger partial charge is 0.260 e. The van der Waals surface area contributed by atoms with Gasteiger partial charge in [0.2, 0.25) is 0 Å².